The van der Waals surface area contributed by atoms with Crippen LogP contribution in [0.15, 0.2) is 54.6 Å². The monoisotopic (exact) mass is 453 g/mol. The number of methoxy groups -OCH3 is 2. The van der Waals surface area contributed by atoms with Gasteiger partial charge in [-0.1, -0.05) is 55.8 Å². The van der Waals surface area contributed by atoms with E-state index in [0.717, 1.165) is 29.7 Å². The molecule has 33 heavy (non-hydrogen) atoms. The van der Waals surface area contributed by atoms with Crippen LogP contribution >= 0.6 is 0 Å². The Morgan fingerprint density at radius 2 is 1.73 bits per heavy atom. The SMILES string of the molecule is CCC[C@H](O)CN(CCOC)Cc1c(-c2ccccc2)nn(C)c1Oc1ccccc1OC. The Hall–Kier alpha value is -2.87. The van der Waals surface area contributed by atoms with Gasteiger partial charge in [-0.05, 0) is 18.6 Å². The van der Waals surface area contributed by atoms with Crippen LogP contribution in [0.1, 0.15) is 25.3 Å². The predicted molar refractivity (Wildman–Crippen MR) is 130 cm³/mol. The maximum Gasteiger partial charge on any atom is 0.222 e. The molecule has 0 saturated heterocycles. The topological polar surface area (TPSA) is 69.0 Å². The van der Waals surface area contributed by atoms with Crippen molar-refractivity contribution >= 4 is 0 Å². The van der Waals surface area contributed by atoms with Gasteiger partial charge in [0.05, 0.1) is 25.4 Å². The lowest BCUT2D eigenvalue weighted by molar-refractivity contribution is 0.0797. The molecule has 0 aliphatic carbocycles. The average Bonchev–Trinajstić information content (AvgIpc) is 3.13. The molecule has 1 atom stereocenters. The molecule has 0 unspecified atom stereocenters. The van der Waals surface area contributed by atoms with E-state index in [1.165, 1.54) is 0 Å². The smallest absolute Gasteiger partial charge is 0.222 e. The average molecular weight is 454 g/mol. The number of aryl methyl sites for hydroxylation is 1. The second-order valence-corrected chi connectivity index (χ2v) is 8.05. The van der Waals surface area contributed by atoms with Crippen LogP contribution in [-0.4, -0.2) is 59.8 Å². The number of aromatic nitrogens is 2. The lowest BCUT2D eigenvalue weighted by atomic mass is 10.1. The van der Waals surface area contributed by atoms with E-state index in [0.29, 0.717) is 43.6 Å². The van der Waals surface area contributed by atoms with Crippen molar-refractivity contribution in [1.29, 1.82) is 0 Å². The molecule has 0 spiro atoms. The van der Waals surface area contributed by atoms with Crippen molar-refractivity contribution in [2.24, 2.45) is 7.05 Å². The number of nitrogens with zero attached hydrogens (tertiary/aromatic N) is 3. The Labute approximate surface area is 196 Å². The number of benzene rings is 2. The normalized spacial score (nSPS) is 12.2. The van der Waals surface area contributed by atoms with Gasteiger partial charge in [0.1, 0.15) is 5.69 Å². The highest BCUT2D eigenvalue weighted by atomic mass is 16.5. The van der Waals surface area contributed by atoms with E-state index in [4.69, 9.17) is 19.3 Å². The highest BCUT2D eigenvalue weighted by Crippen LogP contribution is 2.37. The zero-order valence-corrected chi connectivity index (χ0v) is 20.0. The summed E-state index contributed by atoms with van der Waals surface area (Å²) in [5.41, 5.74) is 2.82. The van der Waals surface area contributed by atoms with Crippen LogP contribution in [0.4, 0.5) is 0 Å². The van der Waals surface area contributed by atoms with Gasteiger partial charge in [-0.3, -0.25) is 4.90 Å². The molecule has 1 aromatic heterocycles. The molecule has 0 amide bonds. The first-order valence-electron chi connectivity index (χ1n) is 11.4. The molecule has 0 radical (unpaired) electrons. The van der Waals surface area contributed by atoms with Gasteiger partial charge in [0.2, 0.25) is 5.88 Å². The van der Waals surface area contributed by atoms with Crippen LogP contribution in [0.2, 0.25) is 0 Å². The van der Waals surface area contributed by atoms with Gasteiger partial charge in [-0.15, -0.1) is 0 Å². The minimum atomic E-state index is -0.401. The number of ether oxygens (including phenoxy) is 3. The van der Waals surface area contributed by atoms with E-state index in [1.54, 1.807) is 18.9 Å². The molecule has 0 saturated carbocycles. The third kappa shape index (κ3) is 6.57. The van der Waals surface area contributed by atoms with Gasteiger partial charge in [-0.2, -0.15) is 5.10 Å². The van der Waals surface area contributed by atoms with Gasteiger partial charge in [0, 0.05) is 39.4 Å². The number of hydrogen-bond acceptors (Lipinski definition) is 6. The largest absolute Gasteiger partial charge is 0.493 e. The summed E-state index contributed by atoms with van der Waals surface area (Å²) in [7, 11) is 5.20. The van der Waals surface area contributed by atoms with Crippen molar-refractivity contribution in [3.8, 4) is 28.6 Å². The summed E-state index contributed by atoms with van der Waals surface area (Å²) in [6.45, 7) is 4.45. The molecule has 0 fully saturated rings. The van der Waals surface area contributed by atoms with Crippen LogP contribution < -0.4 is 9.47 Å². The third-order valence-corrected chi connectivity index (χ3v) is 5.50. The van der Waals surface area contributed by atoms with Crippen LogP contribution in [0, 0.1) is 0 Å². The van der Waals surface area contributed by atoms with E-state index >= 15 is 0 Å². The molecule has 1 heterocycles. The van der Waals surface area contributed by atoms with Crippen molar-refractivity contribution in [3.05, 3.63) is 60.2 Å². The molecule has 0 aliphatic heterocycles. The first-order chi connectivity index (χ1) is 16.1. The quantitative estimate of drug-likeness (QED) is 0.411. The summed E-state index contributed by atoms with van der Waals surface area (Å²) in [5, 5.41) is 15.3. The van der Waals surface area contributed by atoms with Crippen LogP contribution in [0.5, 0.6) is 17.4 Å². The summed E-state index contributed by atoms with van der Waals surface area (Å²) < 4.78 is 19.0. The molecular formula is C26H35N3O4. The van der Waals surface area contributed by atoms with Crippen LogP contribution in [-0.2, 0) is 18.3 Å². The first kappa shape index (κ1) is 24.8. The Balaban J connectivity index is 2.01. The third-order valence-electron chi connectivity index (χ3n) is 5.50. The lowest BCUT2D eigenvalue weighted by Gasteiger charge is -2.25. The van der Waals surface area contributed by atoms with Gasteiger partial charge in [-0.25, -0.2) is 4.68 Å². The van der Waals surface area contributed by atoms with Gasteiger partial charge in [0.15, 0.2) is 11.5 Å². The number of rotatable bonds is 13. The zero-order chi connectivity index (χ0) is 23.6. The Morgan fingerprint density at radius 1 is 1.03 bits per heavy atom. The van der Waals surface area contributed by atoms with Crippen molar-refractivity contribution in [3.63, 3.8) is 0 Å². The lowest BCUT2D eigenvalue weighted by Crippen LogP contribution is -2.34. The Morgan fingerprint density at radius 3 is 2.39 bits per heavy atom. The van der Waals surface area contributed by atoms with Crippen molar-refractivity contribution in [1.82, 2.24) is 14.7 Å². The second-order valence-electron chi connectivity index (χ2n) is 8.05. The minimum absolute atomic E-state index is 0.401. The number of para-hydroxylation sites is 2. The Kier molecular flexibility index (Phi) is 9.30. The summed E-state index contributed by atoms with van der Waals surface area (Å²) in [5.74, 6) is 1.92. The van der Waals surface area contributed by atoms with Crippen LogP contribution in [0.25, 0.3) is 11.3 Å². The standard InChI is InChI=1S/C26H35N3O4/c1-5-11-21(30)18-29(16-17-31-3)19-22-25(20-12-7-6-8-13-20)27-28(2)26(22)33-24-15-10-9-14-23(24)32-4/h6-10,12-15,21,30H,5,11,16-19H2,1-4H3/t21-/m0/s1. The highest BCUT2D eigenvalue weighted by Gasteiger charge is 2.24. The predicted octanol–water partition coefficient (Wildman–Crippen LogP) is 4.50. The molecule has 178 valence electrons. The molecule has 0 bridgehead atoms. The minimum Gasteiger partial charge on any atom is -0.493 e. The van der Waals surface area contributed by atoms with Crippen molar-refractivity contribution in [2.45, 2.75) is 32.4 Å². The fourth-order valence-electron chi connectivity index (χ4n) is 3.86. The highest BCUT2D eigenvalue weighted by molar-refractivity contribution is 5.65. The first-order valence-corrected chi connectivity index (χ1v) is 11.4. The van der Waals surface area contributed by atoms with Gasteiger partial charge < -0.3 is 19.3 Å². The van der Waals surface area contributed by atoms with E-state index in [2.05, 4.69) is 11.8 Å². The van der Waals surface area contributed by atoms with E-state index < -0.39 is 6.10 Å². The summed E-state index contributed by atoms with van der Waals surface area (Å²) in [4.78, 5) is 2.20. The van der Waals surface area contributed by atoms with Gasteiger partial charge >= 0.3 is 0 Å². The van der Waals surface area contributed by atoms with Crippen LogP contribution in [0.3, 0.4) is 0 Å². The second kappa shape index (κ2) is 12.4. The molecular weight excluding hydrogens is 418 g/mol. The maximum absolute atomic E-state index is 10.5. The summed E-state index contributed by atoms with van der Waals surface area (Å²) in [6.07, 6.45) is 1.29. The molecule has 0 aliphatic rings. The molecule has 3 aromatic rings. The maximum atomic E-state index is 10.5. The Bertz CT molecular complexity index is 990. The van der Waals surface area contributed by atoms with E-state index in [1.807, 2.05) is 61.6 Å². The van der Waals surface area contributed by atoms with Crippen molar-refractivity contribution < 1.29 is 19.3 Å². The number of aliphatic hydroxyl groups excluding tert-OH is 1. The fraction of sp³-hybridized carbons (Fsp3) is 0.423. The van der Waals surface area contributed by atoms with Gasteiger partial charge in [0.25, 0.3) is 0 Å². The molecule has 1 N–H and O–H groups in total. The fourth-order valence-corrected chi connectivity index (χ4v) is 3.86. The molecule has 7 nitrogen and oxygen atoms in total. The molecule has 3 rings (SSSR count). The number of hydrogen-bond donors (Lipinski definition) is 1. The van der Waals surface area contributed by atoms with E-state index in [9.17, 15) is 5.11 Å². The zero-order valence-electron chi connectivity index (χ0n) is 20.0. The van der Waals surface area contributed by atoms with Crippen molar-refractivity contribution in [2.75, 3.05) is 33.9 Å². The number of aliphatic hydroxyl groups is 1. The molecule has 2 aromatic carbocycles. The summed E-state index contributed by atoms with van der Waals surface area (Å²) >= 11 is 0. The summed E-state index contributed by atoms with van der Waals surface area (Å²) in [6, 6.07) is 17.7. The van der Waals surface area contributed by atoms with E-state index in [-0.39, 0.29) is 0 Å². The molecule has 7 heteroatoms.